The summed E-state index contributed by atoms with van der Waals surface area (Å²) in [4.78, 5) is 3.87. The van der Waals surface area contributed by atoms with E-state index in [-0.39, 0.29) is 11.4 Å². The standard InChI is InChI=1S/C14H11N5/c15-10-13(14(16)11-6-8-17-9-7-11)19-18-12-4-2-1-3-5-12/h1-9,16,18H/b16-14?,19-13+. The van der Waals surface area contributed by atoms with Gasteiger partial charge in [-0.3, -0.25) is 15.8 Å². The van der Waals surface area contributed by atoms with E-state index in [1.807, 2.05) is 36.4 Å². The zero-order chi connectivity index (χ0) is 13.5. The molecule has 0 aliphatic carbocycles. The summed E-state index contributed by atoms with van der Waals surface area (Å²) in [5, 5.41) is 20.9. The molecule has 2 N–H and O–H groups in total. The van der Waals surface area contributed by atoms with Crippen molar-refractivity contribution in [1.29, 1.82) is 10.7 Å². The first-order chi connectivity index (χ1) is 9.31. The molecule has 1 heterocycles. The second kappa shape index (κ2) is 6.07. The summed E-state index contributed by atoms with van der Waals surface area (Å²) >= 11 is 0. The summed E-state index contributed by atoms with van der Waals surface area (Å²) in [6, 6.07) is 14.5. The van der Waals surface area contributed by atoms with Gasteiger partial charge in [0.1, 0.15) is 6.07 Å². The highest BCUT2D eigenvalue weighted by Crippen LogP contribution is 2.05. The van der Waals surface area contributed by atoms with E-state index >= 15 is 0 Å². The van der Waals surface area contributed by atoms with Crippen LogP contribution in [-0.4, -0.2) is 16.4 Å². The van der Waals surface area contributed by atoms with Crippen LogP contribution in [0.15, 0.2) is 60.0 Å². The number of pyridine rings is 1. The number of hydrogen-bond acceptors (Lipinski definition) is 5. The lowest BCUT2D eigenvalue weighted by molar-refractivity contribution is 1.31. The van der Waals surface area contributed by atoms with Gasteiger partial charge in [-0.25, -0.2) is 0 Å². The predicted molar refractivity (Wildman–Crippen MR) is 74.2 cm³/mol. The quantitative estimate of drug-likeness (QED) is 0.644. The fraction of sp³-hybridized carbons (Fsp3) is 0. The van der Waals surface area contributed by atoms with Gasteiger partial charge in [-0.15, -0.1) is 0 Å². The van der Waals surface area contributed by atoms with Crippen molar-refractivity contribution < 1.29 is 0 Å². The van der Waals surface area contributed by atoms with Gasteiger partial charge in [0.05, 0.1) is 11.4 Å². The van der Waals surface area contributed by atoms with Crippen LogP contribution in [0.2, 0.25) is 0 Å². The van der Waals surface area contributed by atoms with Crippen LogP contribution in [0, 0.1) is 16.7 Å². The number of anilines is 1. The normalized spacial score (nSPS) is 10.6. The summed E-state index contributed by atoms with van der Waals surface area (Å²) < 4.78 is 0. The zero-order valence-corrected chi connectivity index (χ0v) is 10.0. The summed E-state index contributed by atoms with van der Waals surface area (Å²) in [6.07, 6.45) is 3.15. The molecule has 0 aliphatic heterocycles. The van der Waals surface area contributed by atoms with Gasteiger partial charge in [0.15, 0.2) is 5.71 Å². The lowest BCUT2D eigenvalue weighted by atomic mass is 10.1. The van der Waals surface area contributed by atoms with Crippen LogP contribution >= 0.6 is 0 Å². The molecule has 92 valence electrons. The molecule has 0 atom stereocenters. The fourth-order valence-corrected chi connectivity index (χ4v) is 1.43. The maximum atomic E-state index is 9.06. The van der Waals surface area contributed by atoms with Crippen molar-refractivity contribution >= 4 is 17.1 Å². The largest absolute Gasteiger partial charge is 0.297 e. The molecule has 0 saturated heterocycles. The molecule has 0 radical (unpaired) electrons. The van der Waals surface area contributed by atoms with Gasteiger partial charge in [-0.2, -0.15) is 10.4 Å². The minimum absolute atomic E-state index is 0.0232. The van der Waals surface area contributed by atoms with Crippen molar-refractivity contribution in [2.24, 2.45) is 5.10 Å². The number of rotatable bonds is 4. The zero-order valence-electron chi connectivity index (χ0n) is 10.0. The minimum atomic E-state index is 0.0232. The van der Waals surface area contributed by atoms with E-state index in [4.69, 9.17) is 10.7 Å². The average Bonchev–Trinajstić information content (AvgIpc) is 2.49. The number of para-hydroxylation sites is 1. The van der Waals surface area contributed by atoms with Gasteiger partial charge in [-0.05, 0) is 24.3 Å². The van der Waals surface area contributed by atoms with Crippen LogP contribution in [0.1, 0.15) is 5.56 Å². The molecule has 2 aromatic rings. The molecule has 5 heteroatoms. The van der Waals surface area contributed by atoms with Crippen LogP contribution in [0.25, 0.3) is 0 Å². The molecule has 0 fully saturated rings. The number of nitrogens with one attached hydrogen (secondary N) is 2. The van der Waals surface area contributed by atoms with Crippen LogP contribution < -0.4 is 5.43 Å². The molecule has 2 rings (SSSR count). The summed E-state index contributed by atoms with van der Waals surface area (Å²) in [7, 11) is 0. The van der Waals surface area contributed by atoms with Crippen molar-refractivity contribution in [3.8, 4) is 6.07 Å². The molecular formula is C14H11N5. The molecule has 19 heavy (non-hydrogen) atoms. The number of nitriles is 1. The Morgan fingerprint density at radius 2 is 1.84 bits per heavy atom. The average molecular weight is 249 g/mol. The molecule has 0 spiro atoms. The van der Waals surface area contributed by atoms with Crippen molar-refractivity contribution in [3.05, 3.63) is 60.4 Å². The number of aromatic nitrogens is 1. The van der Waals surface area contributed by atoms with E-state index < -0.39 is 0 Å². The summed E-state index contributed by atoms with van der Waals surface area (Å²) in [6.45, 7) is 0. The Labute approximate surface area is 110 Å². The second-order valence-corrected chi connectivity index (χ2v) is 3.66. The lowest BCUT2D eigenvalue weighted by Crippen LogP contribution is -2.14. The lowest BCUT2D eigenvalue weighted by Gasteiger charge is -2.03. The van der Waals surface area contributed by atoms with Crippen LogP contribution in [0.4, 0.5) is 5.69 Å². The molecule has 1 aromatic heterocycles. The Bertz CT molecular complexity index is 626. The van der Waals surface area contributed by atoms with Gasteiger partial charge in [0, 0.05) is 18.0 Å². The Morgan fingerprint density at radius 3 is 2.47 bits per heavy atom. The van der Waals surface area contributed by atoms with E-state index in [1.54, 1.807) is 24.5 Å². The van der Waals surface area contributed by atoms with E-state index in [0.29, 0.717) is 5.56 Å². The molecule has 0 aliphatic rings. The molecule has 1 aromatic carbocycles. The Hall–Kier alpha value is -3.00. The molecule has 0 unspecified atom stereocenters. The fourth-order valence-electron chi connectivity index (χ4n) is 1.43. The van der Waals surface area contributed by atoms with E-state index in [9.17, 15) is 0 Å². The number of benzene rings is 1. The Morgan fingerprint density at radius 1 is 1.16 bits per heavy atom. The van der Waals surface area contributed by atoms with E-state index in [2.05, 4.69) is 15.5 Å². The first-order valence-electron chi connectivity index (χ1n) is 5.59. The predicted octanol–water partition coefficient (Wildman–Crippen LogP) is 2.44. The third kappa shape index (κ3) is 3.23. The van der Waals surface area contributed by atoms with E-state index in [1.165, 1.54) is 0 Å². The maximum Gasteiger partial charge on any atom is 0.186 e. The number of nitrogens with zero attached hydrogens (tertiary/aromatic N) is 3. The summed E-state index contributed by atoms with van der Waals surface area (Å²) in [5.74, 6) is 0. The van der Waals surface area contributed by atoms with Crippen molar-refractivity contribution in [2.75, 3.05) is 5.43 Å². The van der Waals surface area contributed by atoms with Gasteiger partial charge in [0.25, 0.3) is 0 Å². The Balaban J connectivity index is 2.17. The molecule has 0 bridgehead atoms. The third-order valence-electron chi connectivity index (χ3n) is 2.38. The Kier molecular flexibility index (Phi) is 3.98. The maximum absolute atomic E-state index is 9.06. The number of hydrogen-bond donors (Lipinski definition) is 2. The van der Waals surface area contributed by atoms with Gasteiger partial charge < -0.3 is 0 Å². The molecule has 5 nitrogen and oxygen atoms in total. The van der Waals surface area contributed by atoms with Crippen LogP contribution in [0.3, 0.4) is 0 Å². The number of hydrazone groups is 1. The SMILES string of the molecule is N#C/C(=N\Nc1ccccc1)C(=N)c1ccncc1. The molecule has 0 saturated carbocycles. The van der Waals surface area contributed by atoms with Crippen molar-refractivity contribution in [2.45, 2.75) is 0 Å². The minimum Gasteiger partial charge on any atom is -0.297 e. The van der Waals surface area contributed by atoms with E-state index in [0.717, 1.165) is 5.69 Å². The third-order valence-corrected chi connectivity index (χ3v) is 2.38. The van der Waals surface area contributed by atoms with Crippen molar-refractivity contribution in [1.82, 2.24) is 4.98 Å². The summed E-state index contributed by atoms with van der Waals surface area (Å²) in [5.41, 5.74) is 4.21. The highest BCUT2D eigenvalue weighted by atomic mass is 15.3. The molecule has 0 amide bonds. The van der Waals surface area contributed by atoms with Crippen LogP contribution in [0.5, 0.6) is 0 Å². The van der Waals surface area contributed by atoms with Gasteiger partial charge in [-0.1, -0.05) is 18.2 Å². The first kappa shape index (κ1) is 12.5. The highest BCUT2D eigenvalue weighted by molar-refractivity contribution is 6.52. The second-order valence-electron chi connectivity index (χ2n) is 3.66. The van der Waals surface area contributed by atoms with Gasteiger partial charge >= 0.3 is 0 Å². The first-order valence-corrected chi connectivity index (χ1v) is 5.59. The van der Waals surface area contributed by atoms with Crippen molar-refractivity contribution in [3.63, 3.8) is 0 Å². The highest BCUT2D eigenvalue weighted by Gasteiger charge is 2.08. The van der Waals surface area contributed by atoms with Gasteiger partial charge in [0.2, 0.25) is 0 Å². The molecular weight excluding hydrogens is 238 g/mol. The van der Waals surface area contributed by atoms with Crippen LogP contribution in [-0.2, 0) is 0 Å². The topological polar surface area (TPSA) is 84.9 Å². The smallest absolute Gasteiger partial charge is 0.186 e. The monoisotopic (exact) mass is 249 g/mol.